The fourth-order valence-corrected chi connectivity index (χ4v) is 3.02. The van der Waals surface area contributed by atoms with Gasteiger partial charge in [-0.25, -0.2) is 4.39 Å². The number of nitrogens with zero attached hydrogens (tertiary/aromatic N) is 1. The maximum atomic E-state index is 14.2. The summed E-state index contributed by atoms with van der Waals surface area (Å²) in [5, 5.41) is 0. The molecule has 0 aliphatic carbocycles. The summed E-state index contributed by atoms with van der Waals surface area (Å²) < 4.78 is 25.1. The minimum atomic E-state index is -0.455. The van der Waals surface area contributed by atoms with Gasteiger partial charge in [0, 0.05) is 18.2 Å². The molecule has 0 unspecified atom stereocenters. The fourth-order valence-electron chi connectivity index (χ4n) is 3.02. The minimum absolute atomic E-state index is 0.257. The monoisotopic (exact) mass is 419 g/mol. The number of rotatable bonds is 9. The van der Waals surface area contributed by atoms with Gasteiger partial charge in [0.25, 0.3) is 0 Å². The fraction of sp³-hybridized carbons (Fsp3) is 0.192. The highest BCUT2D eigenvalue weighted by Gasteiger charge is 2.13. The Balaban J connectivity index is 1.90. The van der Waals surface area contributed by atoms with Gasteiger partial charge in [-0.15, -0.1) is 0 Å². The highest BCUT2D eigenvalue weighted by molar-refractivity contribution is 6.09. The average molecular weight is 419 g/mol. The molecular weight excluding hydrogens is 393 g/mol. The molecule has 0 atom stereocenters. The number of methoxy groups -OCH3 is 1. The number of hydrogen-bond acceptors (Lipinski definition) is 4. The Morgan fingerprint density at radius 2 is 1.77 bits per heavy atom. The third-order valence-electron chi connectivity index (χ3n) is 4.77. The van der Waals surface area contributed by atoms with Crippen molar-refractivity contribution in [1.82, 2.24) is 4.90 Å². The maximum absolute atomic E-state index is 14.2. The van der Waals surface area contributed by atoms with Gasteiger partial charge in [0.2, 0.25) is 0 Å². The average Bonchev–Trinajstić information content (AvgIpc) is 2.78. The molecule has 0 spiro atoms. The molecule has 160 valence electrons. The first-order valence-electron chi connectivity index (χ1n) is 10.0. The molecule has 0 aromatic heterocycles. The molecule has 31 heavy (non-hydrogen) atoms. The van der Waals surface area contributed by atoms with E-state index in [2.05, 4.69) is 0 Å². The molecule has 0 saturated carbocycles. The van der Waals surface area contributed by atoms with Crippen LogP contribution in [0.25, 0.3) is 17.2 Å². The normalized spacial score (nSPS) is 11.1. The van der Waals surface area contributed by atoms with Gasteiger partial charge < -0.3 is 14.4 Å². The van der Waals surface area contributed by atoms with Crippen LogP contribution >= 0.6 is 0 Å². The second-order valence-corrected chi connectivity index (χ2v) is 7.31. The van der Waals surface area contributed by atoms with Crippen molar-refractivity contribution in [2.45, 2.75) is 0 Å². The van der Waals surface area contributed by atoms with Crippen LogP contribution in [-0.4, -0.2) is 45.0 Å². The highest BCUT2D eigenvalue weighted by atomic mass is 19.1. The summed E-state index contributed by atoms with van der Waals surface area (Å²) in [4.78, 5) is 15.0. The van der Waals surface area contributed by atoms with Crippen molar-refractivity contribution in [1.29, 1.82) is 0 Å². The second kappa shape index (κ2) is 10.5. The van der Waals surface area contributed by atoms with E-state index < -0.39 is 5.82 Å². The number of ether oxygens (including phenoxy) is 2. The lowest BCUT2D eigenvalue weighted by molar-refractivity contribution is 0.104. The summed E-state index contributed by atoms with van der Waals surface area (Å²) in [6, 6.07) is 19.9. The maximum Gasteiger partial charge on any atom is 0.189 e. The van der Waals surface area contributed by atoms with Crippen molar-refractivity contribution in [3.8, 4) is 22.6 Å². The smallest absolute Gasteiger partial charge is 0.189 e. The highest BCUT2D eigenvalue weighted by Crippen LogP contribution is 2.28. The van der Waals surface area contributed by atoms with Crippen LogP contribution in [0.4, 0.5) is 4.39 Å². The molecule has 0 saturated heterocycles. The quantitative estimate of drug-likeness (QED) is 0.347. The molecule has 0 bridgehead atoms. The van der Waals surface area contributed by atoms with E-state index in [1.54, 1.807) is 12.1 Å². The van der Waals surface area contributed by atoms with Crippen molar-refractivity contribution < 1.29 is 18.7 Å². The molecule has 0 amide bonds. The van der Waals surface area contributed by atoms with E-state index in [1.165, 1.54) is 25.3 Å². The van der Waals surface area contributed by atoms with Gasteiger partial charge in [0.1, 0.15) is 23.9 Å². The molecular formula is C26H26FNO3. The van der Waals surface area contributed by atoms with E-state index >= 15 is 0 Å². The van der Waals surface area contributed by atoms with E-state index in [1.807, 2.05) is 67.5 Å². The number of ketones is 1. The molecule has 0 heterocycles. The van der Waals surface area contributed by atoms with Crippen LogP contribution in [0.2, 0.25) is 0 Å². The van der Waals surface area contributed by atoms with Crippen molar-refractivity contribution in [2.75, 3.05) is 34.4 Å². The van der Waals surface area contributed by atoms with Crippen LogP contribution in [0.15, 0.2) is 72.8 Å². The van der Waals surface area contributed by atoms with Crippen LogP contribution in [-0.2, 0) is 0 Å². The van der Waals surface area contributed by atoms with Crippen LogP contribution in [0.3, 0.4) is 0 Å². The van der Waals surface area contributed by atoms with Crippen LogP contribution in [0, 0.1) is 5.82 Å². The molecule has 3 rings (SSSR count). The van der Waals surface area contributed by atoms with Crippen molar-refractivity contribution >= 4 is 11.9 Å². The number of hydrogen-bond donors (Lipinski definition) is 0. The largest absolute Gasteiger partial charge is 0.497 e. The summed E-state index contributed by atoms with van der Waals surface area (Å²) in [5.74, 6) is 0.219. The first-order chi connectivity index (χ1) is 15.0. The molecule has 5 heteroatoms. The van der Waals surface area contributed by atoms with Gasteiger partial charge in [0.15, 0.2) is 5.78 Å². The number of allylic oxidation sites excluding steroid dienone is 1. The lowest BCUT2D eigenvalue weighted by atomic mass is 10.00. The van der Waals surface area contributed by atoms with Crippen molar-refractivity contribution in [2.24, 2.45) is 0 Å². The molecule has 3 aromatic carbocycles. The molecule has 0 N–H and O–H groups in total. The third-order valence-corrected chi connectivity index (χ3v) is 4.77. The lowest BCUT2D eigenvalue weighted by Crippen LogP contribution is -2.20. The first-order valence-corrected chi connectivity index (χ1v) is 10.0. The van der Waals surface area contributed by atoms with Gasteiger partial charge in [-0.3, -0.25) is 4.79 Å². The van der Waals surface area contributed by atoms with E-state index in [4.69, 9.17) is 9.47 Å². The topological polar surface area (TPSA) is 38.8 Å². The molecule has 0 fully saturated rings. The molecule has 4 nitrogen and oxygen atoms in total. The minimum Gasteiger partial charge on any atom is -0.497 e. The van der Waals surface area contributed by atoms with E-state index in [0.717, 1.165) is 17.7 Å². The van der Waals surface area contributed by atoms with Crippen LogP contribution < -0.4 is 9.47 Å². The number of likely N-dealkylation sites (N-methyl/N-ethyl adjacent to an activating group) is 1. The van der Waals surface area contributed by atoms with Crippen molar-refractivity contribution in [3.63, 3.8) is 0 Å². The Hall–Kier alpha value is -3.44. The zero-order valence-corrected chi connectivity index (χ0v) is 18.0. The molecule has 0 radical (unpaired) electrons. The van der Waals surface area contributed by atoms with Gasteiger partial charge in [-0.1, -0.05) is 36.4 Å². The first kappa shape index (κ1) is 22.2. The van der Waals surface area contributed by atoms with Crippen LogP contribution in [0.5, 0.6) is 11.5 Å². The summed E-state index contributed by atoms with van der Waals surface area (Å²) in [7, 11) is 5.39. The Kier molecular flexibility index (Phi) is 7.57. The van der Waals surface area contributed by atoms with E-state index in [-0.39, 0.29) is 5.78 Å². The van der Waals surface area contributed by atoms with Gasteiger partial charge in [-0.2, -0.15) is 0 Å². The number of carbonyl (C=O) groups is 1. The lowest BCUT2D eigenvalue weighted by Gasteiger charge is -2.14. The van der Waals surface area contributed by atoms with Gasteiger partial charge >= 0.3 is 0 Å². The zero-order valence-electron chi connectivity index (χ0n) is 18.0. The number of carbonyl (C=O) groups excluding carboxylic acids is 1. The summed E-state index contributed by atoms with van der Waals surface area (Å²) in [6.07, 6.45) is 2.84. The summed E-state index contributed by atoms with van der Waals surface area (Å²) in [6.45, 7) is 1.18. The third kappa shape index (κ3) is 6.03. The van der Waals surface area contributed by atoms with Crippen LogP contribution in [0.1, 0.15) is 15.9 Å². The Bertz CT molecular complexity index is 1060. The predicted molar refractivity (Wildman–Crippen MR) is 122 cm³/mol. The summed E-state index contributed by atoms with van der Waals surface area (Å²) >= 11 is 0. The SMILES string of the molecule is COc1ccc(/C=C/C(=O)c2cc(-c3ccccc3)ccc2OCCN(C)C)c(F)c1. The standard InChI is InChI=1S/C26H26FNO3/c1-28(2)15-16-31-26-14-11-21(19-7-5-4-6-8-19)17-23(26)25(29)13-10-20-9-12-22(30-3)18-24(20)27/h4-14,17-18H,15-16H2,1-3H3/b13-10+. The zero-order chi connectivity index (χ0) is 22.2. The molecule has 0 aliphatic rings. The summed E-state index contributed by atoms with van der Waals surface area (Å²) in [5.41, 5.74) is 2.66. The Morgan fingerprint density at radius 1 is 1.00 bits per heavy atom. The predicted octanol–water partition coefficient (Wildman–Crippen LogP) is 5.34. The number of halogens is 1. The molecule has 0 aliphatic heterocycles. The molecule has 3 aromatic rings. The Labute approximate surface area is 182 Å². The van der Waals surface area contributed by atoms with Gasteiger partial charge in [0.05, 0.1) is 12.7 Å². The van der Waals surface area contributed by atoms with Gasteiger partial charge in [-0.05, 0) is 61.6 Å². The van der Waals surface area contributed by atoms with E-state index in [0.29, 0.717) is 29.2 Å². The van der Waals surface area contributed by atoms with Crippen molar-refractivity contribution in [3.05, 3.63) is 89.8 Å². The van der Waals surface area contributed by atoms with E-state index in [9.17, 15) is 9.18 Å². The number of benzene rings is 3. The second-order valence-electron chi connectivity index (χ2n) is 7.31. The Morgan fingerprint density at radius 3 is 2.45 bits per heavy atom.